The van der Waals surface area contributed by atoms with Gasteiger partial charge in [0.05, 0.1) is 12.6 Å². The Morgan fingerprint density at radius 1 is 1.09 bits per heavy atom. The molecule has 23 heavy (non-hydrogen) atoms. The number of methoxy groups -OCH3 is 1. The summed E-state index contributed by atoms with van der Waals surface area (Å²) in [6.07, 6.45) is 1.01. The second-order valence-corrected chi connectivity index (χ2v) is 5.88. The maximum absolute atomic E-state index is 13.8. The largest absolute Gasteiger partial charge is 0.496 e. The summed E-state index contributed by atoms with van der Waals surface area (Å²) in [6.45, 7) is 2.87. The van der Waals surface area contributed by atoms with Crippen LogP contribution >= 0.6 is 0 Å². The first-order chi connectivity index (χ1) is 11.3. The predicted octanol–water partition coefficient (Wildman–Crippen LogP) is 3.60. The number of para-hydroxylation sites is 1. The number of fused-ring (bicyclic) bond motifs is 3. The summed E-state index contributed by atoms with van der Waals surface area (Å²) in [7, 11) is 1.62. The second kappa shape index (κ2) is 5.70. The summed E-state index contributed by atoms with van der Waals surface area (Å²) in [5.41, 5.74) is 4.31. The van der Waals surface area contributed by atoms with Crippen molar-refractivity contribution in [1.82, 2.24) is 9.88 Å². The van der Waals surface area contributed by atoms with E-state index in [1.807, 2.05) is 12.1 Å². The average Bonchev–Trinajstić information content (AvgIpc) is 2.76. The normalized spacial score (nSPS) is 14.5. The minimum atomic E-state index is -0.248. The lowest BCUT2D eigenvalue weighted by Gasteiger charge is -2.13. The number of rotatable bonds is 2. The Hall–Kier alpha value is -2.33. The molecule has 0 unspecified atom stereocenters. The lowest BCUT2D eigenvalue weighted by Crippen LogP contribution is -2.17. The van der Waals surface area contributed by atoms with Crippen molar-refractivity contribution in [1.29, 1.82) is 0 Å². The fraction of sp³-hybridized carbons (Fsp3) is 0.263. The highest BCUT2D eigenvalue weighted by molar-refractivity contribution is 5.96. The zero-order valence-corrected chi connectivity index (χ0v) is 13.1. The van der Waals surface area contributed by atoms with E-state index in [4.69, 9.17) is 4.74 Å². The van der Waals surface area contributed by atoms with Crippen molar-refractivity contribution in [3.05, 3.63) is 54.0 Å². The molecule has 0 aliphatic carbocycles. The van der Waals surface area contributed by atoms with Gasteiger partial charge in [-0.3, -0.25) is 0 Å². The van der Waals surface area contributed by atoms with Gasteiger partial charge in [-0.15, -0.1) is 0 Å². The van der Waals surface area contributed by atoms with Gasteiger partial charge >= 0.3 is 0 Å². The maximum Gasteiger partial charge on any atom is 0.126 e. The van der Waals surface area contributed by atoms with Gasteiger partial charge in [0.1, 0.15) is 11.6 Å². The molecule has 0 amide bonds. The van der Waals surface area contributed by atoms with Crippen molar-refractivity contribution in [2.45, 2.75) is 13.0 Å². The van der Waals surface area contributed by atoms with Gasteiger partial charge in [0.25, 0.3) is 0 Å². The molecule has 1 N–H and O–H groups in total. The highest BCUT2D eigenvalue weighted by Crippen LogP contribution is 2.37. The molecule has 0 radical (unpaired) electrons. The van der Waals surface area contributed by atoms with Gasteiger partial charge < -0.3 is 14.6 Å². The Labute approximate surface area is 134 Å². The summed E-state index contributed by atoms with van der Waals surface area (Å²) < 4.78 is 21.6. The number of halogens is 1. The molecule has 1 aliphatic rings. The molecule has 4 heteroatoms. The standard InChI is InChI=1S/C19H19FN2O/c1-23-18-6-5-14(20)12-17(18)16-4-2-3-13-11-15-7-8-21-9-10-22(15)19(13)16/h2-6,11-12,21H,7-10H2,1H3. The van der Waals surface area contributed by atoms with Crippen LogP contribution in [-0.4, -0.2) is 24.8 Å². The lowest BCUT2D eigenvalue weighted by molar-refractivity contribution is 0.415. The quantitative estimate of drug-likeness (QED) is 0.783. The molecule has 2 aromatic carbocycles. The summed E-state index contributed by atoms with van der Waals surface area (Å²) in [5.74, 6) is 0.448. The van der Waals surface area contributed by atoms with Gasteiger partial charge in [-0.25, -0.2) is 4.39 Å². The Morgan fingerprint density at radius 3 is 2.87 bits per heavy atom. The number of nitrogens with zero attached hydrogens (tertiary/aromatic N) is 1. The van der Waals surface area contributed by atoms with Crippen LogP contribution in [0, 0.1) is 5.82 Å². The Morgan fingerprint density at radius 2 is 2.00 bits per heavy atom. The number of hydrogen-bond acceptors (Lipinski definition) is 2. The lowest BCUT2D eigenvalue weighted by atomic mass is 10.0. The summed E-state index contributed by atoms with van der Waals surface area (Å²) in [5, 5.41) is 4.63. The molecule has 118 valence electrons. The number of aromatic nitrogens is 1. The van der Waals surface area contributed by atoms with Gasteiger partial charge in [-0.1, -0.05) is 18.2 Å². The van der Waals surface area contributed by atoms with Crippen LogP contribution in [0.15, 0.2) is 42.5 Å². The predicted molar refractivity (Wildman–Crippen MR) is 90.5 cm³/mol. The van der Waals surface area contributed by atoms with Gasteiger partial charge in [-0.05, 0) is 24.3 Å². The first-order valence-corrected chi connectivity index (χ1v) is 7.93. The molecule has 0 saturated heterocycles. The van der Waals surface area contributed by atoms with Crippen molar-refractivity contribution < 1.29 is 9.13 Å². The van der Waals surface area contributed by atoms with Crippen molar-refractivity contribution in [3.8, 4) is 16.9 Å². The Bertz CT molecular complexity index is 869. The van der Waals surface area contributed by atoms with Crippen LogP contribution in [0.2, 0.25) is 0 Å². The van der Waals surface area contributed by atoms with E-state index < -0.39 is 0 Å². The zero-order chi connectivity index (χ0) is 15.8. The molecule has 3 aromatic rings. The fourth-order valence-electron chi connectivity index (χ4n) is 3.48. The van der Waals surface area contributed by atoms with E-state index >= 15 is 0 Å². The van der Waals surface area contributed by atoms with Crippen LogP contribution in [0.25, 0.3) is 22.0 Å². The summed E-state index contributed by atoms with van der Waals surface area (Å²) in [4.78, 5) is 0. The number of benzene rings is 2. The molecule has 0 saturated carbocycles. The minimum Gasteiger partial charge on any atom is -0.496 e. The second-order valence-electron chi connectivity index (χ2n) is 5.88. The van der Waals surface area contributed by atoms with Crippen molar-refractivity contribution >= 4 is 10.9 Å². The SMILES string of the molecule is COc1ccc(F)cc1-c1cccc2cc3n(c12)CCNCC3. The van der Waals surface area contributed by atoms with E-state index in [9.17, 15) is 4.39 Å². The van der Waals surface area contributed by atoms with Crippen LogP contribution in [-0.2, 0) is 13.0 Å². The van der Waals surface area contributed by atoms with E-state index in [0.717, 1.165) is 42.7 Å². The fourth-order valence-corrected chi connectivity index (χ4v) is 3.48. The Kier molecular flexibility index (Phi) is 3.54. The van der Waals surface area contributed by atoms with E-state index in [-0.39, 0.29) is 5.82 Å². The number of ether oxygens (including phenoxy) is 1. The van der Waals surface area contributed by atoms with E-state index in [1.165, 1.54) is 17.1 Å². The Balaban J connectivity index is 2.01. The smallest absolute Gasteiger partial charge is 0.126 e. The maximum atomic E-state index is 13.8. The zero-order valence-electron chi connectivity index (χ0n) is 13.1. The molecule has 0 atom stereocenters. The van der Waals surface area contributed by atoms with Gasteiger partial charge in [0.2, 0.25) is 0 Å². The number of hydrogen-bond donors (Lipinski definition) is 1. The minimum absolute atomic E-state index is 0.248. The van der Waals surface area contributed by atoms with E-state index in [2.05, 4.69) is 22.0 Å². The third-order valence-corrected chi connectivity index (χ3v) is 4.53. The molecule has 0 fully saturated rings. The topological polar surface area (TPSA) is 26.2 Å². The number of nitrogens with one attached hydrogen (secondary N) is 1. The van der Waals surface area contributed by atoms with Gasteiger partial charge in [-0.2, -0.15) is 0 Å². The van der Waals surface area contributed by atoms with Crippen molar-refractivity contribution in [2.24, 2.45) is 0 Å². The van der Waals surface area contributed by atoms with Crippen LogP contribution in [0.5, 0.6) is 5.75 Å². The molecule has 1 aliphatic heterocycles. The molecule has 1 aromatic heterocycles. The molecular weight excluding hydrogens is 291 g/mol. The molecular formula is C19H19FN2O. The van der Waals surface area contributed by atoms with Crippen molar-refractivity contribution in [2.75, 3.05) is 20.2 Å². The van der Waals surface area contributed by atoms with Gasteiger partial charge in [0.15, 0.2) is 0 Å². The molecule has 0 bridgehead atoms. The summed E-state index contributed by atoms with van der Waals surface area (Å²) >= 11 is 0. The molecule has 2 heterocycles. The molecule has 4 rings (SSSR count). The van der Waals surface area contributed by atoms with Crippen LogP contribution in [0.4, 0.5) is 4.39 Å². The van der Waals surface area contributed by atoms with E-state index in [0.29, 0.717) is 5.75 Å². The van der Waals surface area contributed by atoms with Crippen LogP contribution < -0.4 is 10.1 Å². The highest BCUT2D eigenvalue weighted by atomic mass is 19.1. The monoisotopic (exact) mass is 310 g/mol. The first-order valence-electron chi connectivity index (χ1n) is 7.93. The van der Waals surface area contributed by atoms with Crippen molar-refractivity contribution in [3.63, 3.8) is 0 Å². The summed E-state index contributed by atoms with van der Waals surface area (Å²) in [6, 6.07) is 13.1. The third-order valence-electron chi connectivity index (χ3n) is 4.53. The highest BCUT2D eigenvalue weighted by Gasteiger charge is 2.17. The third kappa shape index (κ3) is 2.39. The van der Waals surface area contributed by atoms with Crippen LogP contribution in [0.1, 0.15) is 5.69 Å². The van der Waals surface area contributed by atoms with Crippen LogP contribution in [0.3, 0.4) is 0 Å². The average molecular weight is 310 g/mol. The first kappa shape index (κ1) is 14.3. The molecule has 3 nitrogen and oxygen atoms in total. The van der Waals surface area contributed by atoms with Gasteiger partial charge in [0, 0.05) is 48.3 Å². The van der Waals surface area contributed by atoms with E-state index in [1.54, 1.807) is 19.2 Å². The molecule has 0 spiro atoms.